The fraction of sp³-hybridized carbons (Fsp3) is 0.400. The van der Waals surface area contributed by atoms with E-state index in [1.54, 1.807) is 6.33 Å². The van der Waals surface area contributed by atoms with Crippen LogP contribution in [0.4, 0.5) is 5.69 Å². The first-order chi connectivity index (χ1) is 9.31. The summed E-state index contributed by atoms with van der Waals surface area (Å²) >= 11 is 0. The highest BCUT2D eigenvalue weighted by Crippen LogP contribution is 2.20. The van der Waals surface area contributed by atoms with E-state index in [1.807, 2.05) is 6.20 Å². The largest absolute Gasteiger partial charge is 0.381 e. The molecule has 19 heavy (non-hydrogen) atoms. The minimum absolute atomic E-state index is 0.566. The average Bonchev–Trinajstić information content (AvgIpc) is 2.94. The molecule has 3 rings (SSSR count). The van der Waals surface area contributed by atoms with Crippen LogP contribution in [0.15, 0.2) is 36.8 Å². The van der Waals surface area contributed by atoms with Gasteiger partial charge >= 0.3 is 0 Å². The van der Waals surface area contributed by atoms with Gasteiger partial charge in [0.15, 0.2) is 0 Å². The summed E-state index contributed by atoms with van der Waals surface area (Å²) in [7, 11) is 2.19. The molecule has 1 unspecified atom stereocenters. The third-order valence-electron chi connectivity index (χ3n) is 3.69. The molecular weight excluding hydrogens is 236 g/mol. The lowest BCUT2D eigenvalue weighted by atomic mass is 10.1. The van der Waals surface area contributed by atoms with Crippen molar-refractivity contribution in [3.8, 4) is 11.3 Å². The second-order valence-corrected chi connectivity index (χ2v) is 5.29. The predicted molar refractivity (Wildman–Crippen MR) is 78.2 cm³/mol. The molecule has 1 aliphatic heterocycles. The molecule has 2 heterocycles. The van der Waals surface area contributed by atoms with Crippen LogP contribution in [-0.2, 0) is 0 Å². The van der Waals surface area contributed by atoms with Crippen molar-refractivity contribution >= 4 is 5.69 Å². The Hall–Kier alpha value is -1.81. The fourth-order valence-electron chi connectivity index (χ4n) is 2.68. The van der Waals surface area contributed by atoms with Crippen molar-refractivity contribution in [1.29, 1.82) is 0 Å². The van der Waals surface area contributed by atoms with Gasteiger partial charge in [0.05, 0.1) is 18.2 Å². The van der Waals surface area contributed by atoms with Crippen LogP contribution in [-0.4, -0.2) is 41.0 Å². The number of nitrogens with one attached hydrogen (secondary N) is 2. The topological polar surface area (TPSA) is 44.0 Å². The lowest BCUT2D eigenvalue weighted by Crippen LogP contribution is -2.39. The summed E-state index contributed by atoms with van der Waals surface area (Å²) < 4.78 is 0. The second kappa shape index (κ2) is 5.45. The van der Waals surface area contributed by atoms with E-state index in [-0.39, 0.29) is 0 Å². The Labute approximate surface area is 113 Å². The molecule has 2 N–H and O–H groups in total. The van der Waals surface area contributed by atoms with Crippen LogP contribution in [0.2, 0.25) is 0 Å². The number of aromatic amines is 1. The molecule has 0 amide bonds. The van der Waals surface area contributed by atoms with Gasteiger partial charge in [0.25, 0.3) is 0 Å². The maximum absolute atomic E-state index is 4.05. The zero-order valence-corrected chi connectivity index (χ0v) is 11.3. The molecule has 1 fully saturated rings. The van der Waals surface area contributed by atoms with Crippen molar-refractivity contribution in [1.82, 2.24) is 14.9 Å². The number of anilines is 1. The van der Waals surface area contributed by atoms with E-state index < -0.39 is 0 Å². The van der Waals surface area contributed by atoms with Crippen molar-refractivity contribution in [2.45, 2.75) is 18.9 Å². The number of piperidine rings is 1. The van der Waals surface area contributed by atoms with Crippen LogP contribution in [0, 0.1) is 0 Å². The number of imidazole rings is 1. The maximum atomic E-state index is 4.05. The van der Waals surface area contributed by atoms with E-state index in [0.717, 1.165) is 12.2 Å². The third-order valence-corrected chi connectivity index (χ3v) is 3.69. The van der Waals surface area contributed by atoms with Gasteiger partial charge in [0, 0.05) is 18.3 Å². The molecule has 100 valence electrons. The Morgan fingerprint density at radius 2 is 2.16 bits per heavy atom. The van der Waals surface area contributed by atoms with Crippen LogP contribution in [0.1, 0.15) is 12.8 Å². The molecule has 0 bridgehead atoms. The average molecular weight is 256 g/mol. The third kappa shape index (κ3) is 2.96. The molecule has 0 radical (unpaired) electrons. The number of aromatic nitrogens is 2. The standard InChI is InChI=1S/C15H20N4/c1-19-8-2-3-14(10-19)18-13-6-4-12(5-7-13)15-9-16-11-17-15/h4-7,9,11,14,18H,2-3,8,10H2,1H3,(H,16,17). The molecule has 0 saturated carbocycles. The lowest BCUT2D eigenvalue weighted by molar-refractivity contribution is 0.261. The van der Waals surface area contributed by atoms with Crippen LogP contribution < -0.4 is 5.32 Å². The number of H-pyrrole nitrogens is 1. The first-order valence-electron chi connectivity index (χ1n) is 6.85. The quantitative estimate of drug-likeness (QED) is 0.887. The highest BCUT2D eigenvalue weighted by molar-refractivity contribution is 5.62. The van der Waals surface area contributed by atoms with Crippen LogP contribution in [0.3, 0.4) is 0 Å². The minimum Gasteiger partial charge on any atom is -0.381 e. The molecule has 1 aromatic carbocycles. The molecule has 1 atom stereocenters. The number of hydrogen-bond donors (Lipinski definition) is 2. The summed E-state index contributed by atoms with van der Waals surface area (Å²) in [6.45, 7) is 2.35. The molecule has 0 aliphatic carbocycles. The van der Waals surface area contributed by atoms with E-state index in [1.165, 1.54) is 30.6 Å². The highest BCUT2D eigenvalue weighted by Gasteiger charge is 2.16. The van der Waals surface area contributed by atoms with Crippen molar-refractivity contribution in [2.24, 2.45) is 0 Å². The Morgan fingerprint density at radius 1 is 1.32 bits per heavy atom. The molecule has 2 aromatic rings. The molecule has 1 aromatic heterocycles. The van der Waals surface area contributed by atoms with Crippen molar-refractivity contribution < 1.29 is 0 Å². The molecule has 4 nitrogen and oxygen atoms in total. The van der Waals surface area contributed by atoms with Gasteiger partial charge in [-0.25, -0.2) is 4.98 Å². The monoisotopic (exact) mass is 256 g/mol. The normalized spacial score (nSPS) is 20.4. The molecule has 0 spiro atoms. The number of likely N-dealkylation sites (tertiary alicyclic amines) is 1. The summed E-state index contributed by atoms with van der Waals surface area (Å²) in [5.41, 5.74) is 3.43. The van der Waals surface area contributed by atoms with E-state index in [4.69, 9.17) is 0 Å². The minimum atomic E-state index is 0.566. The highest BCUT2D eigenvalue weighted by atomic mass is 15.1. The number of likely N-dealkylation sites (N-methyl/N-ethyl adjacent to an activating group) is 1. The Morgan fingerprint density at radius 3 is 2.84 bits per heavy atom. The number of hydrogen-bond acceptors (Lipinski definition) is 3. The predicted octanol–water partition coefficient (Wildman–Crippen LogP) is 2.58. The summed E-state index contributed by atoms with van der Waals surface area (Å²) in [5.74, 6) is 0. The Balaban J connectivity index is 1.66. The Bertz CT molecular complexity index is 503. The lowest BCUT2D eigenvalue weighted by Gasteiger charge is -2.30. The number of nitrogens with zero attached hydrogens (tertiary/aromatic N) is 2. The van der Waals surface area contributed by atoms with E-state index in [9.17, 15) is 0 Å². The SMILES string of the molecule is CN1CCCC(Nc2ccc(-c3cnc[nH]3)cc2)C1. The molecule has 4 heteroatoms. The van der Waals surface area contributed by atoms with Gasteiger partial charge in [-0.05, 0) is 44.1 Å². The van der Waals surface area contributed by atoms with Crippen LogP contribution >= 0.6 is 0 Å². The number of benzene rings is 1. The maximum Gasteiger partial charge on any atom is 0.0924 e. The first kappa shape index (κ1) is 12.2. The van der Waals surface area contributed by atoms with Crippen molar-refractivity contribution in [3.05, 3.63) is 36.8 Å². The molecule has 1 saturated heterocycles. The van der Waals surface area contributed by atoms with Gasteiger partial charge in [-0.2, -0.15) is 0 Å². The second-order valence-electron chi connectivity index (χ2n) is 5.29. The molecule has 1 aliphatic rings. The van der Waals surface area contributed by atoms with Crippen molar-refractivity contribution in [2.75, 3.05) is 25.5 Å². The van der Waals surface area contributed by atoms with E-state index in [2.05, 4.69) is 51.5 Å². The van der Waals surface area contributed by atoms with Crippen LogP contribution in [0.25, 0.3) is 11.3 Å². The van der Waals surface area contributed by atoms with Crippen molar-refractivity contribution in [3.63, 3.8) is 0 Å². The first-order valence-corrected chi connectivity index (χ1v) is 6.85. The van der Waals surface area contributed by atoms with Gasteiger partial charge in [-0.1, -0.05) is 12.1 Å². The zero-order valence-electron chi connectivity index (χ0n) is 11.3. The van der Waals surface area contributed by atoms with Gasteiger partial charge in [-0.15, -0.1) is 0 Å². The van der Waals surface area contributed by atoms with E-state index >= 15 is 0 Å². The number of rotatable bonds is 3. The summed E-state index contributed by atoms with van der Waals surface area (Å²) in [6.07, 6.45) is 6.09. The summed E-state index contributed by atoms with van der Waals surface area (Å²) in [4.78, 5) is 9.56. The van der Waals surface area contributed by atoms with Gasteiger partial charge < -0.3 is 15.2 Å². The van der Waals surface area contributed by atoms with E-state index in [0.29, 0.717) is 6.04 Å². The van der Waals surface area contributed by atoms with Gasteiger partial charge in [-0.3, -0.25) is 0 Å². The molecular formula is C15H20N4. The van der Waals surface area contributed by atoms with Crippen LogP contribution in [0.5, 0.6) is 0 Å². The summed E-state index contributed by atoms with van der Waals surface area (Å²) in [6, 6.07) is 9.11. The van der Waals surface area contributed by atoms with Gasteiger partial charge in [0.2, 0.25) is 0 Å². The van der Waals surface area contributed by atoms with Gasteiger partial charge in [0.1, 0.15) is 0 Å². The smallest absolute Gasteiger partial charge is 0.0924 e. The summed E-state index contributed by atoms with van der Waals surface area (Å²) in [5, 5.41) is 3.62. The zero-order chi connectivity index (χ0) is 13.1. The fourth-order valence-corrected chi connectivity index (χ4v) is 2.68. The Kier molecular flexibility index (Phi) is 3.51.